The monoisotopic (exact) mass is 218 g/mol. The molecule has 0 amide bonds. The summed E-state index contributed by atoms with van der Waals surface area (Å²) in [4.78, 5) is 5.62. The number of rotatable bonds is 3. The minimum atomic E-state index is 0.805. The van der Waals surface area contributed by atoms with E-state index in [1.54, 1.807) is 0 Å². The first kappa shape index (κ1) is 10.3. The minimum absolute atomic E-state index is 0.805. The van der Waals surface area contributed by atoms with Gasteiger partial charge in [0.15, 0.2) is 0 Å². The summed E-state index contributed by atoms with van der Waals surface area (Å²) in [5, 5.41) is 1.05. The van der Waals surface area contributed by atoms with Crippen LogP contribution in [0.3, 0.4) is 0 Å². The number of nitrogens with zero attached hydrogens (tertiary/aromatic N) is 1. The fraction of sp³-hybridized carbons (Fsp3) is 0.250. The molecule has 0 unspecified atom stereocenters. The predicted octanol–water partition coefficient (Wildman–Crippen LogP) is 3.32. The van der Waals surface area contributed by atoms with Crippen molar-refractivity contribution in [3.05, 3.63) is 30.5 Å². The fourth-order valence-corrected chi connectivity index (χ4v) is 2.38. The highest BCUT2D eigenvalue weighted by Crippen LogP contribution is 2.29. The number of aromatic nitrogens is 1. The van der Waals surface area contributed by atoms with Gasteiger partial charge >= 0.3 is 0 Å². The SMILES string of the molecule is CCCSc1ccc(N)c2cccnc12. The number of thioether (sulfide) groups is 1. The van der Waals surface area contributed by atoms with E-state index in [1.165, 1.54) is 11.3 Å². The van der Waals surface area contributed by atoms with E-state index in [-0.39, 0.29) is 0 Å². The van der Waals surface area contributed by atoms with Crippen LogP contribution in [0.5, 0.6) is 0 Å². The highest BCUT2D eigenvalue weighted by molar-refractivity contribution is 7.99. The standard InChI is InChI=1S/C12H14N2S/c1-2-8-15-11-6-5-10(13)9-4-3-7-14-12(9)11/h3-7H,2,8,13H2,1H3. The zero-order valence-corrected chi connectivity index (χ0v) is 9.55. The van der Waals surface area contributed by atoms with Crippen LogP contribution in [-0.2, 0) is 0 Å². The van der Waals surface area contributed by atoms with Crippen molar-refractivity contribution in [2.45, 2.75) is 18.2 Å². The third kappa shape index (κ3) is 2.07. The van der Waals surface area contributed by atoms with Gasteiger partial charge in [0, 0.05) is 22.2 Å². The molecular weight excluding hydrogens is 204 g/mol. The van der Waals surface area contributed by atoms with Gasteiger partial charge in [-0.15, -0.1) is 11.8 Å². The van der Waals surface area contributed by atoms with Crippen molar-refractivity contribution in [3.8, 4) is 0 Å². The molecule has 0 aliphatic heterocycles. The lowest BCUT2D eigenvalue weighted by Gasteiger charge is -2.06. The molecule has 0 saturated carbocycles. The Morgan fingerprint density at radius 2 is 2.20 bits per heavy atom. The number of nitrogens with two attached hydrogens (primary N) is 1. The molecule has 0 radical (unpaired) electrons. The zero-order valence-electron chi connectivity index (χ0n) is 8.73. The van der Waals surface area contributed by atoms with E-state index in [2.05, 4.69) is 18.0 Å². The topological polar surface area (TPSA) is 38.9 Å². The van der Waals surface area contributed by atoms with Crippen LogP contribution in [0.4, 0.5) is 5.69 Å². The number of nitrogen functional groups attached to an aromatic ring is 1. The first-order valence-electron chi connectivity index (χ1n) is 5.09. The summed E-state index contributed by atoms with van der Waals surface area (Å²) in [6.07, 6.45) is 2.99. The molecule has 0 atom stereocenters. The molecule has 3 heteroatoms. The molecule has 0 saturated heterocycles. The van der Waals surface area contributed by atoms with Crippen molar-refractivity contribution in [3.63, 3.8) is 0 Å². The molecule has 0 aliphatic carbocycles. The molecule has 2 nitrogen and oxygen atoms in total. The van der Waals surface area contributed by atoms with E-state index in [0.29, 0.717) is 0 Å². The van der Waals surface area contributed by atoms with Crippen LogP contribution in [-0.4, -0.2) is 10.7 Å². The Balaban J connectivity index is 2.51. The minimum Gasteiger partial charge on any atom is -0.398 e. The second kappa shape index (κ2) is 4.53. The van der Waals surface area contributed by atoms with Gasteiger partial charge in [-0.1, -0.05) is 6.92 Å². The largest absolute Gasteiger partial charge is 0.398 e. The third-order valence-electron chi connectivity index (χ3n) is 2.23. The van der Waals surface area contributed by atoms with Gasteiger partial charge in [-0.3, -0.25) is 4.98 Å². The van der Waals surface area contributed by atoms with Crippen LogP contribution in [0, 0.1) is 0 Å². The number of anilines is 1. The lowest BCUT2D eigenvalue weighted by molar-refractivity contribution is 1.10. The highest BCUT2D eigenvalue weighted by Gasteiger charge is 2.04. The van der Waals surface area contributed by atoms with Crippen LogP contribution in [0.15, 0.2) is 35.4 Å². The van der Waals surface area contributed by atoms with Gasteiger partial charge in [0.1, 0.15) is 0 Å². The summed E-state index contributed by atoms with van der Waals surface area (Å²) in [6.45, 7) is 2.18. The number of fused-ring (bicyclic) bond motifs is 1. The molecule has 0 fully saturated rings. The van der Waals surface area contributed by atoms with Crippen LogP contribution in [0.2, 0.25) is 0 Å². The Kier molecular flexibility index (Phi) is 3.11. The maximum absolute atomic E-state index is 5.90. The maximum Gasteiger partial charge on any atom is 0.0858 e. The number of hydrogen-bond donors (Lipinski definition) is 1. The Bertz CT molecular complexity index is 468. The van der Waals surface area contributed by atoms with E-state index in [0.717, 1.165) is 22.3 Å². The van der Waals surface area contributed by atoms with Crippen molar-refractivity contribution in [2.75, 3.05) is 11.5 Å². The number of hydrogen-bond acceptors (Lipinski definition) is 3. The molecular formula is C12H14N2S. The molecule has 2 rings (SSSR count). The second-order valence-corrected chi connectivity index (χ2v) is 4.54. The molecule has 0 bridgehead atoms. The van der Waals surface area contributed by atoms with E-state index in [9.17, 15) is 0 Å². The van der Waals surface area contributed by atoms with E-state index in [1.807, 2.05) is 36.2 Å². The van der Waals surface area contributed by atoms with E-state index < -0.39 is 0 Å². The van der Waals surface area contributed by atoms with Crippen LogP contribution in [0.25, 0.3) is 10.9 Å². The van der Waals surface area contributed by atoms with Crippen LogP contribution >= 0.6 is 11.8 Å². The maximum atomic E-state index is 5.90. The van der Waals surface area contributed by atoms with Gasteiger partial charge in [-0.05, 0) is 36.4 Å². The molecule has 1 heterocycles. The average Bonchev–Trinajstić information content (AvgIpc) is 2.29. The van der Waals surface area contributed by atoms with Crippen molar-refractivity contribution < 1.29 is 0 Å². The van der Waals surface area contributed by atoms with Crippen LogP contribution in [0.1, 0.15) is 13.3 Å². The first-order valence-corrected chi connectivity index (χ1v) is 6.07. The molecule has 2 N–H and O–H groups in total. The summed E-state index contributed by atoms with van der Waals surface area (Å²) >= 11 is 1.84. The molecule has 15 heavy (non-hydrogen) atoms. The second-order valence-electron chi connectivity index (χ2n) is 3.40. The summed E-state index contributed by atoms with van der Waals surface area (Å²) in [6, 6.07) is 7.97. The first-order chi connectivity index (χ1) is 7.33. The Morgan fingerprint density at radius 1 is 1.33 bits per heavy atom. The molecule has 2 aromatic rings. The fourth-order valence-electron chi connectivity index (χ4n) is 1.50. The zero-order chi connectivity index (χ0) is 10.7. The Morgan fingerprint density at radius 3 is 3.00 bits per heavy atom. The van der Waals surface area contributed by atoms with Crippen molar-refractivity contribution in [1.82, 2.24) is 4.98 Å². The van der Waals surface area contributed by atoms with Gasteiger partial charge in [0.25, 0.3) is 0 Å². The van der Waals surface area contributed by atoms with Crippen molar-refractivity contribution in [1.29, 1.82) is 0 Å². The Hall–Kier alpha value is -1.22. The van der Waals surface area contributed by atoms with E-state index >= 15 is 0 Å². The predicted molar refractivity (Wildman–Crippen MR) is 67.2 cm³/mol. The van der Waals surface area contributed by atoms with Crippen molar-refractivity contribution in [2.24, 2.45) is 0 Å². The lowest BCUT2D eigenvalue weighted by Crippen LogP contribution is -1.90. The van der Waals surface area contributed by atoms with Gasteiger partial charge < -0.3 is 5.73 Å². The van der Waals surface area contributed by atoms with Gasteiger partial charge in [-0.2, -0.15) is 0 Å². The van der Waals surface area contributed by atoms with Gasteiger partial charge in [0.05, 0.1) is 5.52 Å². The molecule has 78 valence electrons. The van der Waals surface area contributed by atoms with Gasteiger partial charge in [0.2, 0.25) is 0 Å². The van der Waals surface area contributed by atoms with Crippen LogP contribution < -0.4 is 5.73 Å². The van der Waals surface area contributed by atoms with Crippen molar-refractivity contribution >= 4 is 28.4 Å². The third-order valence-corrected chi connectivity index (χ3v) is 3.48. The average molecular weight is 218 g/mol. The number of benzene rings is 1. The molecule has 0 spiro atoms. The number of pyridine rings is 1. The quantitative estimate of drug-likeness (QED) is 0.634. The summed E-state index contributed by atoms with van der Waals surface area (Å²) in [7, 11) is 0. The van der Waals surface area contributed by atoms with E-state index in [4.69, 9.17) is 5.73 Å². The molecule has 0 aliphatic rings. The highest BCUT2D eigenvalue weighted by atomic mass is 32.2. The summed E-state index contributed by atoms with van der Waals surface area (Å²) < 4.78 is 0. The molecule has 1 aromatic heterocycles. The normalized spacial score (nSPS) is 10.7. The molecule has 1 aromatic carbocycles. The summed E-state index contributed by atoms with van der Waals surface area (Å²) in [5.41, 5.74) is 7.73. The Labute approximate surface area is 93.9 Å². The summed E-state index contributed by atoms with van der Waals surface area (Å²) in [5.74, 6) is 1.12. The smallest absolute Gasteiger partial charge is 0.0858 e. The van der Waals surface area contributed by atoms with Gasteiger partial charge in [-0.25, -0.2) is 0 Å². The lowest BCUT2D eigenvalue weighted by atomic mass is 10.2.